The smallest absolute Gasteiger partial charge is 0.756 e. The van der Waals surface area contributed by atoms with E-state index in [9.17, 15) is 33.4 Å². The van der Waals surface area contributed by atoms with Crippen LogP contribution in [0.25, 0.3) is 0 Å². The summed E-state index contributed by atoms with van der Waals surface area (Å²) in [5.74, 6) is -2.15. The number of amides is 3. The van der Waals surface area contributed by atoms with Crippen LogP contribution < -0.4 is 39.8 Å². The molecule has 0 radical (unpaired) electrons. The van der Waals surface area contributed by atoms with E-state index in [-0.39, 0.29) is 91.7 Å². The van der Waals surface area contributed by atoms with Crippen molar-refractivity contribution in [2.45, 2.75) is 58.5 Å². The van der Waals surface area contributed by atoms with Crippen molar-refractivity contribution >= 4 is 37.5 Å². The third kappa shape index (κ3) is 12.1. The molecule has 1 N–H and O–H groups in total. The second kappa shape index (κ2) is 17.2. The van der Waals surface area contributed by atoms with Crippen LogP contribution in [0.3, 0.4) is 0 Å². The molecule has 13 nitrogen and oxygen atoms in total. The largest absolute Gasteiger partial charge is 1.00 e. The van der Waals surface area contributed by atoms with E-state index >= 15 is 0 Å². The van der Waals surface area contributed by atoms with Gasteiger partial charge in [0, 0.05) is 44.0 Å². The minimum absolute atomic E-state index is 0. The Bertz CT molecular complexity index is 903. The summed E-state index contributed by atoms with van der Waals surface area (Å²) in [6.45, 7) is 2.08. The van der Waals surface area contributed by atoms with Crippen LogP contribution in [0, 0.1) is 11.8 Å². The maximum atomic E-state index is 12.4. The standard InChI is InChI=1S/C23H35N2O11P.Na/c1-3-21(28)33-14-18(36-22(29)4-2)15-35-37(31,32)34-12-11-24-23(30)17-7-5-16(6-8-17)13-25-19(26)9-10-20(25)27;/h9-10,16-18H,3-8,11-15H2,1-2H3,(H,24,30)(H,31,32);/q;+1/p-1. The fraction of sp³-hybridized carbons (Fsp3) is 0.696. The van der Waals surface area contributed by atoms with Gasteiger partial charge in [-0.05, 0) is 31.6 Å². The Morgan fingerprint density at radius 2 is 1.63 bits per heavy atom. The average molecular weight is 568 g/mol. The summed E-state index contributed by atoms with van der Waals surface area (Å²) in [4.78, 5) is 71.9. The van der Waals surface area contributed by atoms with Gasteiger partial charge in [0.15, 0.2) is 6.10 Å². The first-order chi connectivity index (χ1) is 17.5. The van der Waals surface area contributed by atoms with E-state index in [1.807, 2.05) is 0 Å². The first-order valence-corrected chi connectivity index (χ1v) is 13.8. The Kier molecular flexibility index (Phi) is 15.6. The Morgan fingerprint density at radius 1 is 1.03 bits per heavy atom. The van der Waals surface area contributed by atoms with Crippen molar-refractivity contribution in [3.63, 3.8) is 0 Å². The van der Waals surface area contributed by atoms with E-state index in [2.05, 4.69) is 5.32 Å². The van der Waals surface area contributed by atoms with E-state index in [4.69, 9.17) is 18.5 Å². The molecule has 208 valence electrons. The third-order valence-corrected chi connectivity index (χ3v) is 6.90. The van der Waals surface area contributed by atoms with Gasteiger partial charge in [-0.15, -0.1) is 0 Å². The molecule has 1 heterocycles. The molecular weight excluding hydrogens is 534 g/mol. The zero-order valence-electron chi connectivity index (χ0n) is 22.1. The minimum Gasteiger partial charge on any atom is -0.756 e. The molecule has 0 aromatic carbocycles. The molecule has 0 bridgehead atoms. The van der Waals surface area contributed by atoms with Gasteiger partial charge >= 0.3 is 41.5 Å². The average Bonchev–Trinajstić information content (AvgIpc) is 3.20. The van der Waals surface area contributed by atoms with Gasteiger partial charge in [-0.2, -0.15) is 0 Å². The molecular formula is C23H34N2NaO11P. The van der Waals surface area contributed by atoms with Gasteiger partial charge in [-0.3, -0.25) is 33.4 Å². The Hall–Kier alpha value is -1.60. The van der Waals surface area contributed by atoms with Crippen LogP contribution in [0.1, 0.15) is 52.4 Å². The van der Waals surface area contributed by atoms with Crippen LogP contribution in [-0.2, 0) is 47.1 Å². The number of phosphoric ester groups is 1. The summed E-state index contributed by atoms with van der Waals surface area (Å²) >= 11 is 0. The van der Waals surface area contributed by atoms with E-state index in [0.29, 0.717) is 32.2 Å². The number of phosphoric acid groups is 1. The second-order valence-electron chi connectivity index (χ2n) is 8.71. The number of hydrogen-bond acceptors (Lipinski definition) is 11. The number of carbonyl (C=O) groups is 5. The van der Waals surface area contributed by atoms with Crippen molar-refractivity contribution in [1.29, 1.82) is 0 Å². The third-order valence-electron chi connectivity index (χ3n) is 5.93. The summed E-state index contributed by atoms with van der Waals surface area (Å²) in [6, 6.07) is 0. The van der Waals surface area contributed by atoms with Gasteiger partial charge in [-0.25, -0.2) is 0 Å². The zero-order valence-corrected chi connectivity index (χ0v) is 24.9. The van der Waals surface area contributed by atoms with E-state index in [0.717, 1.165) is 0 Å². The maximum absolute atomic E-state index is 12.4. The Balaban J connectivity index is 0.00000722. The van der Waals surface area contributed by atoms with E-state index in [1.165, 1.54) is 17.1 Å². The van der Waals surface area contributed by atoms with Crippen LogP contribution in [0.2, 0.25) is 0 Å². The molecule has 0 aromatic rings. The Labute approximate surface area is 243 Å². The Morgan fingerprint density at radius 3 is 2.21 bits per heavy atom. The summed E-state index contributed by atoms with van der Waals surface area (Å²) in [5.41, 5.74) is 0. The SMILES string of the molecule is CCC(=O)OCC(COP(=O)([O-])OCCNC(=O)C1CCC(CN2C(=O)C=CC2=O)CC1)OC(=O)CC.[Na+]. The number of rotatable bonds is 15. The van der Waals surface area contributed by atoms with Crippen LogP contribution in [-0.4, -0.2) is 73.6 Å². The van der Waals surface area contributed by atoms with Crippen molar-refractivity contribution in [2.75, 3.05) is 32.9 Å². The molecule has 1 saturated carbocycles. The number of hydrogen-bond donors (Lipinski definition) is 1. The number of nitrogens with zero attached hydrogens (tertiary/aromatic N) is 1. The van der Waals surface area contributed by atoms with Gasteiger partial charge in [0.2, 0.25) is 5.91 Å². The van der Waals surface area contributed by atoms with Crippen molar-refractivity contribution in [3.8, 4) is 0 Å². The van der Waals surface area contributed by atoms with Gasteiger partial charge in [0.05, 0.1) is 13.2 Å². The normalized spacial score (nSPS) is 21.3. The monoisotopic (exact) mass is 568 g/mol. The quantitative estimate of drug-likeness (QED) is 0.0733. The molecule has 3 amide bonds. The molecule has 2 atom stereocenters. The number of ether oxygens (including phenoxy) is 2. The molecule has 2 rings (SSSR count). The molecule has 1 fully saturated rings. The number of nitrogens with one attached hydrogen (secondary N) is 1. The molecule has 15 heteroatoms. The van der Waals surface area contributed by atoms with Crippen LogP contribution in [0.4, 0.5) is 0 Å². The number of esters is 2. The second-order valence-corrected chi connectivity index (χ2v) is 10.1. The fourth-order valence-corrected chi connectivity index (χ4v) is 4.58. The van der Waals surface area contributed by atoms with Gasteiger partial charge < -0.3 is 28.7 Å². The van der Waals surface area contributed by atoms with Gasteiger partial charge in [0.25, 0.3) is 19.6 Å². The minimum atomic E-state index is -4.78. The molecule has 0 aromatic heterocycles. The molecule has 2 unspecified atom stereocenters. The first-order valence-electron chi connectivity index (χ1n) is 12.3. The maximum Gasteiger partial charge on any atom is 1.00 e. The van der Waals surface area contributed by atoms with Gasteiger partial charge in [-0.1, -0.05) is 13.8 Å². The predicted octanol–water partition coefficient (Wildman–Crippen LogP) is -2.39. The molecule has 0 saturated heterocycles. The molecule has 1 aliphatic heterocycles. The van der Waals surface area contributed by atoms with Crippen molar-refractivity contribution in [3.05, 3.63) is 12.2 Å². The zero-order chi connectivity index (χ0) is 27.4. The van der Waals surface area contributed by atoms with E-state index < -0.39 is 32.5 Å². The van der Waals surface area contributed by atoms with Crippen molar-refractivity contribution in [2.24, 2.45) is 11.8 Å². The molecule has 1 aliphatic carbocycles. The number of imide groups is 1. The fourth-order valence-electron chi connectivity index (χ4n) is 3.84. The van der Waals surface area contributed by atoms with Crippen LogP contribution in [0.15, 0.2) is 12.2 Å². The van der Waals surface area contributed by atoms with Crippen molar-refractivity contribution in [1.82, 2.24) is 10.2 Å². The summed E-state index contributed by atoms with van der Waals surface area (Å²) in [7, 11) is -4.78. The van der Waals surface area contributed by atoms with Crippen LogP contribution in [0.5, 0.6) is 0 Å². The van der Waals surface area contributed by atoms with Crippen molar-refractivity contribution < 1.29 is 81.5 Å². The molecule has 2 aliphatic rings. The topological polar surface area (TPSA) is 178 Å². The molecule has 0 spiro atoms. The summed E-state index contributed by atoms with van der Waals surface area (Å²) in [6.07, 6.45) is 4.07. The van der Waals surface area contributed by atoms with Crippen LogP contribution >= 0.6 is 7.82 Å². The molecule has 38 heavy (non-hydrogen) atoms. The predicted molar refractivity (Wildman–Crippen MR) is 125 cm³/mol. The first kappa shape index (κ1) is 34.4. The summed E-state index contributed by atoms with van der Waals surface area (Å²) in [5, 5.41) is 2.63. The summed E-state index contributed by atoms with van der Waals surface area (Å²) < 4.78 is 31.4. The van der Waals surface area contributed by atoms with E-state index in [1.54, 1.807) is 13.8 Å². The number of carbonyl (C=O) groups excluding carboxylic acids is 5. The van der Waals surface area contributed by atoms with Gasteiger partial charge in [0.1, 0.15) is 6.61 Å².